The number of fused-ring (bicyclic) bond motifs is 1. The normalized spacial score (nSPS) is 11.9. The Labute approximate surface area is 133 Å². The molecular weight excluding hydrogens is 302 g/mol. The zero-order valence-corrected chi connectivity index (χ0v) is 14.3. The summed E-state index contributed by atoms with van der Waals surface area (Å²) < 4.78 is 1.41. The van der Waals surface area contributed by atoms with Crippen molar-refractivity contribution in [3.63, 3.8) is 0 Å². The summed E-state index contributed by atoms with van der Waals surface area (Å²) in [5, 5.41) is 10.4. The Kier molecular flexibility index (Phi) is 4.39. The Bertz CT molecular complexity index is 771. The zero-order valence-electron chi connectivity index (χ0n) is 13.5. The van der Waals surface area contributed by atoms with Gasteiger partial charge in [-0.05, 0) is 33.3 Å². The Morgan fingerprint density at radius 3 is 2.68 bits per heavy atom. The van der Waals surface area contributed by atoms with Crippen molar-refractivity contribution in [3.8, 4) is 0 Å². The van der Waals surface area contributed by atoms with E-state index in [1.165, 1.54) is 22.2 Å². The summed E-state index contributed by atoms with van der Waals surface area (Å²) in [5.74, 6) is -0.174. The number of aryl methyl sites for hydroxylation is 2. The van der Waals surface area contributed by atoms with E-state index < -0.39 is 5.60 Å². The Balaban J connectivity index is 2.50. The van der Waals surface area contributed by atoms with Gasteiger partial charge < -0.3 is 14.6 Å². The second kappa shape index (κ2) is 5.81. The molecule has 0 fully saturated rings. The molecule has 0 unspecified atom stereocenters. The van der Waals surface area contributed by atoms with Gasteiger partial charge in [0.2, 0.25) is 0 Å². The van der Waals surface area contributed by atoms with Gasteiger partial charge in [-0.2, -0.15) is 0 Å². The molecule has 1 amide bonds. The molecule has 0 aliphatic carbocycles. The fraction of sp³-hybridized carbons (Fsp3) is 0.533. The molecule has 2 heterocycles. The van der Waals surface area contributed by atoms with Gasteiger partial charge in [0.05, 0.1) is 22.2 Å². The van der Waals surface area contributed by atoms with Crippen LogP contribution >= 0.6 is 11.3 Å². The lowest BCUT2D eigenvalue weighted by molar-refractivity contribution is 0.0317. The molecule has 6 nitrogen and oxygen atoms in total. The van der Waals surface area contributed by atoms with E-state index in [2.05, 4.69) is 4.98 Å². The number of hydrogen-bond acceptors (Lipinski definition) is 5. The van der Waals surface area contributed by atoms with Crippen LogP contribution in [0.1, 0.15) is 36.0 Å². The molecule has 0 bridgehead atoms. The average Bonchev–Trinajstić information content (AvgIpc) is 2.76. The number of carbonyl (C=O) groups is 1. The topological polar surface area (TPSA) is 75.4 Å². The van der Waals surface area contributed by atoms with Crippen LogP contribution in [0.25, 0.3) is 10.2 Å². The van der Waals surface area contributed by atoms with Crippen molar-refractivity contribution in [1.82, 2.24) is 14.5 Å². The van der Waals surface area contributed by atoms with E-state index in [0.717, 1.165) is 0 Å². The minimum atomic E-state index is -0.968. The van der Waals surface area contributed by atoms with Crippen LogP contribution < -0.4 is 5.56 Å². The molecule has 2 rings (SSSR count). The van der Waals surface area contributed by atoms with Crippen LogP contribution in [0.4, 0.5) is 0 Å². The number of likely N-dealkylation sites (N-methyl/N-ethyl adjacent to an activating group) is 1. The first-order valence-electron chi connectivity index (χ1n) is 7.12. The van der Waals surface area contributed by atoms with Crippen LogP contribution in [-0.4, -0.2) is 44.2 Å². The highest BCUT2D eigenvalue weighted by atomic mass is 32.1. The van der Waals surface area contributed by atoms with E-state index in [-0.39, 0.29) is 18.0 Å². The third kappa shape index (κ3) is 3.05. The fourth-order valence-electron chi connectivity index (χ4n) is 2.35. The van der Waals surface area contributed by atoms with Crippen LogP contribution in [0, 0.1) is 6.92 Å². The lowest BCUT2D eigenvalue weighted by Crippen LogP contribution is -2.42. The monoisotopic (exact) mass is 323 g/mol. The molecule has 0 aromatic carbocycles. The van der Waals surface area contributed by atoms with E-state index >= 15 is 0 Å². The van der Waals surface area contributed by atoms with Gasteiger partial charge in [0.1, 0.15) is 4.83 Å². The van der Waals surface area contributed by atoms with Crippen molar-refractivity contribution in [2.24, 2.45) is 7.05 Å². The molecule has 7 heteroatoms. The fourth-order valence-corrected chi connectivity index (χ4v) is 3.46. The van der Waals surface area contributed by atoms with Crippen molar-refractivity contribution in [2.75, 3.05) is 13.1 Å². The number of rotatable bonds is 4. The quantitative estimate of drug-likeness (QED) is 0.926. The maximum atomic E-state index is 12.7. The zero-order chi connectivity index (χ0) is 16.7. The summed E-state index contributed by atoms with van der Waals surface area (Å²) in [6.45, 7) is 7.69. The van der Waals surface area contributed by atoms with Gasteiger partial charge in [-0.1, -0.05) is 0 Å². The van der Waals surface area contributed by atoms with Gasteiger partial charge in [-0.25, -0.2) is 4.98 Å². The van der Waals surface area contributed by atoms with Crippen LogP contribution in [0.5, 0.6) is 0 Å². The summed E-state index contributed by atoms with van der Waals surface area (Å²) in [6, 6.07) is 0. The molecule has 120 valence electrons. The number of aliphatic hydroxyl groups is 1. The molecule has 0 saturated carbocycles. The van der Waals surface area contributed by atoms with E-state index in [9.17, 15) is 14.7 Å². The van der Waals surface area contributed by atoms with Gasteiger partial charge in [0, 0.05) is 20.1 Å². The van der Waals surface area contributed by atoms with E-state index in [1.54, 1.807) is 32.7 Å². The molecule has 0 atom stereocenters. The third-order valence-electron chi connectivity index (χ3n) is 3.45. The van der Waals surface area contributed by atoms with Crippen molar-refractivity contribution in [2.45, 2.75) is 33.3 Å². The molecule has 2 aromatic heterocycles. The number of amides is 1. The van der Waals surface area contributed by atoms with Gasteiger partial charge in [0.25, 0.3) is 11.5 Å². The van der Waals surface area contributed by atoms with Gasteiger partial charge in [0.15, 0.2) is 0 Å². The molecule has 1 N–H and O–H groups in total. The highest BCUT2D eigenvalue weighted by molar-refractivity contribution is 7.20. The first-order chi connectivity index (χ1) is 10.2. The van der Waals surface area contributed by atoms with Gasteiger partial charge in [-0.15, -0.1) is 11.3 Å². The minimum Gasteiger partial charge on any atom is -0.389 e. The summed E-state index contributed by atoms with van der Waals surface area (Å²) in [5.41, 5.74) is -0.457. The smallest absolute Gasteiger partial charge is 0.264 e. The lowest BCUT2D eigenvalue weighted by atomic mass is 10.1. The summed E-state index contributed by atoms with van der Waals surface area (Å²) >= 11 is 1.23. The van der Waals surface area contributed by atoms with E-state index in [0.29, 0.717) is 27.2 Å². The molecular formula is C15H21N3O3S. The summed E-state index contributed by atoms with van der Waals surface area (Å²) in [4.78, 5) is 31.8. The maximum Gasteiger partial charge on any atom is 0.264 e. The Hall–Kier alpha value is -1.73. The number of hydrogen-bond donors (Lipinski definition) is 1. The number of nitrogens with zero attached hydrogens (tertiary/aromatic N) is 3. The highest BCUT2D eigenvalue weighted by Gasteiger charge is 2.26. The number of thiophene rings is 1. The first kappa shape index (κ1) is 16.6. The number of aromatic nitrogens is 2. The molecule has 0 saturated heterocycles. The van der Waals surface area contributed by atoms with Crippen LogP contribution in [0.3, 0.4) is 0 Å². The first-order valence-corrected chi connectivity index (χ1v) is 7.93. The molecule has 22 heavy (non-hydrogen) atoms. The standard InChI is InChI=1S/C15H21N3O3S/c1-6-18(7-15(3,4)21)14(20)11-9(2)10-12(22-11)16-8-17(5)13(10)19/h8,21H,6-7H2,1-5H3. The van der Waals surface area contributed by atoms with Gasteiger partial charge >= 0.3 is 0 Å². The van der Waals surface area contributed by atoms with Crippen molar-refractivity contribution < 1.29 is 9.90 Å². The van der Waals surface area contributed by atoms with Crippen molar-refractivity contribution in [1.29, 1.82) is 0 Å². The lowest BCUT2D eigenvalue weighted by Gasteiger charge is -2.27. The number of carbonyl (C=O) groups excluding carboxylic acids is 1. The van der Waals surface area contributed by atoms with Crippen LogP contribution in [0.2, 0.25) is 0 Å². The highest BCUT2D eigenvalue weighted by Crippen LogP contribution is 2.28. The van der Waals surface area contributed by atoms with Crippen LogP contribution in [-0.2, 0) is 7.05 Å². The molecule has 0 radical (unpaired) electrons. The molecule has 0 spiro atoms. The largest absolute Gasteiger partial charge is 0.389 e. The van der Waals surface area contributed by atoms with Crippen molar-refractivity contribution >= 4 is 27.5 Å². The molecule has 0 aliphatic rings. The predicted molar refractivity (Wildman–Crippen MR) is 87.5 cm³/mol. The van der Waals surface area contributed by atoms with E-state index in [4.69, 9.17) is 0 Å². The Morgan fingerprint density at radius 2 is 2.14 bits per heavy atom. The predicted octanol–water partition coefficient (Wildman–Crippen LogP) is 1.54. The van der Waals surface area contributed by atoms with Crippen molar-refractivity contribution in [3.05, 3.63) is 27.1 Å². The SMILES string of the molecule is CCN(CC(C)(C)O)C(=O)c1sc2ncn(C)c(=O)c2c1C. The third-order valence-corrected chi connectivity index (χ3v) is 4.64. The minimum absolute atomic E-state index is 0.150. The molecule has 2 aromatic rings. The second-order valence-electron chi connectivity index (χ2n) is 6.03. The summed E-state index contributed by atoms with van der Waals surface area (Å²) in [7, 11) is 1.64. The summed E-state index contributed by atoms with van der Waals surface area (Å²) in [6.07, 6.45) is 1.46. The van der Waals surface area contributed by atoms with Crippen LogP contribution in [0.15, 0.2) is 11.1 Å². The maximum absolute atomic E-state index is 12.7. The Morgan fingerprint density at radius 1 is 1.50 bits per heavy atom. The second-order valence-corrected chi connectivity index (χ2v) is 7.03. The molecule has 0 aliphatic heterocycles. The van der Waals surface area contributed by atoms with Gasteiger partial charge in [-0.3, -0.25) is 9.59 Å². The average molecular weight is 323 g/mol. The van der Waals surface area contributed by atoms with E-state index in [1.807, 2.05) is 6.92 Å².